The number of sulfone groups is 1. The highest BCUT2D eigenvalue weighted by atomic mass is 32.2. The first-order chi connectivity index (χ1) is 6.46. The summed E-state index contributed by atoms with van der Waals surface area (Å²) in [5.41, 5.74) is 0. The predicted molar refractivity (Wildman–Crippen MR) is 51.1 cm³/mol. The van der Waals surface area contributed by atoms with E-state index in [1.807, 2.05) is 0 Å². The normalized spacial score (nSPS) is 26.1. The average Bonchev–Trinajstić information content (AvgIpc) is 2.02. The van der Waals surface area contributed by atoms with E-state index in [4.69, 9.17) is 5.11 Å². The monoisotopic (exact) mass is 222 g/mol. The topological polar surface area (TPSA) is 86.7 Å². The maximum Gasteiger partial charge on any atom is 0.407 e. The number of carboxylic acid groups (broad SMARTS) is 1. The van der Waals surface area contributed by atoms with Gasteiger partial charge in [0.1, 0.15) is 0 Å². The van der Waals surface area contributed by atoms with E-state index in [2.05, 4.69) is 5.32 Å². The fourth-order valence-electron chi connectivity index (χ4n) is 1.54. The third kappa shape index (κ3) is 2.58. The zero-order chi connectivity index (χ0) is 10.8. The summed E-state index contributed by atoms with van der Waals surface area (Å²) in [7, 11) is -1.40. The molecule has 0 aromatic rings. The summed E-state index contributed by atoms with van der Waals surface area (Å²) in [5, 5.41) is 11.6. The van der Waals surface area contributed by atoms with Gasteiger partial charge in [-0.3, -0.25) is 0 Å². The molecule has 0 aromatic heterocycles. The van der Waals surface area contributed by atoms with Crippen molar-refractivity contribution in [2.45, 2.75) is 6.04 Å². The van der Waals surface area contributed by atoms with Gasteiger partial charge in [0, 0.05) is 13.1 Å². The first-order valence-electron chi connectivity index (χ1n) is 4.31. The third-order valence-electron chi connectivity index (χ3n) is 2.22. The van der Waals surface area contributed by atoms with Gasteiger partial charge in [-0.05, 0) is 7.05 Å². The molecule has 0 saturated carbocycles. The van der Waals surface area contributed by atoms with Gasteiger partial charge in [0.05, 0.1) is 17.5 Å². The number of amides is 1. The summed E-state index contributed by atoms with van der Waals surface area (Å²) in [5.74, 6) is -0.153. The summed E-state index contributed by atoms with van der Waals surface area (Å²) in [4.78, 5) is 11.9. The molecule has 0 aromatic carbocycles. The Morgan fingerprint density at radius 3 is 2.79 bits per heavy atom. The Morgan fingerprint density at radius 1 is 1.64 bits per heavy atom. The Kier molecular flexibility index (Phi) is 3.33. The molecular weight excluding hydrogens is 208 g/mol. The lowest BCUT2D eigenvalue weighted by Crippen LogP contribution is -2.54. The molecule has 1 unspecified atom stereocenters. The standard InChI is InChI=1S/C7H14N2O4S/c1-8-4-6-5-14(12,13)3-2-9(6)7(10)11/h6,8H,2-5H2,1H3,(H,10,11). The molecule has 1 rings (SSSR count). The molecule has 1 heterocycles. The van der Waals surface area contributed by atoms with Gasteiger partial charge in [-0.15, -0.1) is 0 Å². The van der Waals surface area contributed by atoms with Crippen LogP contribution in [0.4, 0.5) is 4.79 Å². The van der Waals surface area contributed by atoms with Crippen molar-refractivity contribution in [3.05, 3.63) is 0 Å². The maximum absolute atomic E-state index is 11.3. The summed E-state index contributed by atoms with van der Waals surface area (Å²) < 4.78 is 22.5. The molecule has 1 fully saturated rings. The second kappa shape index (κ2) is 4.14. The van der Waals surface area contributed by atoms with E-state index in [1.165, 1.54) is 4.90 Å². The Balaban J connectivity index is 2.75. The van der Waals surface area contributed by atoms with Gasteiger partial charge in [-0.1, -0.05) is 0 Å². The van der Waals surface area contributed by atoms with E-state index >= 15 is 0 Å². The molecule has 1 saturated heterocycles. The van der Waals surface area contributed by atoms with Crippen molar-refractivity contribution >= 4 is 15.9 Å². The smallest absolute Gasteiger partial charge is 0.407 e. The lowest BCUT2D eigenvalue weighted by atomic mass is 10.3. The summed E-state index contributed by atoms with van der Waals surface area (Å²) >= 11 is 0. The van der Waals surface area contributed by atoms with E-state index in [0.29, 0.717) is 6.54 Å². The minimum absolute atomic E-state index is 0.0699. The molecule has 7 heteroatoms. The highest BCUT2D eigenvalue weighted by molar-refractivity contribution is 7.91. The second-order valence-corrected chi connectivity index (χ2v) is 5.53. The second-order valence-electron chi connectivity index (χ2n) is 3.30. The van der Waals surface area contributed by atoms with Crippen LogP contribution in [0, 0.1) is 0 Å². The van der Waals surface area contributed by atoms with Crippen LogP contribution in [0.1, 0.15) is 0 Å². The van der Waals surface area contributed by atoms with E-state index in [0.717, 1.165) is 0 Å². The van der Waals surface area contributed by atoms with E-state index in [-0.39, 0.29) is 18.1 Å². The highest BCUT2D eigenvalue weighted by Gasteiger charge is 2.33. The number of likely N-dealkylation sites (N-methyl/N-ethyl adjacent to an activating group) is 1. The Hall–Kier alpha value is -0.820. The average molecular weight is 222 g/mol. The zero-order valence-electron chi connectivity index (χ0n) is 7.93. The van der Waals surface area contributed by atoms with Gasteiger partial charge in [0.25, 0.3) is 0 Å². The largest absolute Gasteiger partial charge is 0.465 e. The molecule has 82 valence electrons. The quantitative estimate of drug-likeness (QED) is 0.624. The van der Waals surface area contributed by atoms with Crippen LogP contribution < -0.4 is 5.32 Å². The third-order valence-corrected chi connectivity index (χ3v) is 3.91. The molecule has 0 spiro atoms. The van der Waals surface area contributed by atoms with Crippen molar-refractivity contribution in [3.8, 4) is 0 Å². The lowest BCUT2D eigenvalue weighted by Gasteiger charge is -2.32. The zero-order valence-corrected chi connectivity index (χ0v) is 8.75. The fourth-order valence-corrected chi connectivity index (χ4v) is 3.07. The van der Waals surface area contributed by atoms with Crippen LogP contribution in [0.15, 0.2) is 0 Å². The van der Waals surface area contributed by atoms with Crippen LogP contribution >= 0.6 is 0 Å². The summed E-state index contributed by atoms with van der Waals surface area (Å²) in [6, 6.07) is -0.462. The molecule has 1 atom stereocenters. The van der Waals surface area contributed by atoms with Crippen LogP contribution in [-0.2, 0) is 9.84 Å². The van der Waals surface area contributed by atoms with Crippen LogP contribution in [0.5, 0.6) is 0 Å². The molecule has 0 aliphatic carbocycles. The first-order valence-corrected chi connectivity index (χ1v) is 6.13. The Bertz CT molecular complexity index is 314. The number of carbonyl (C=O) groups is 1. The summed E-state index contributed by atoms with van der Waals surface area (Å²) in [6.07, 6.45) is -1.06. The molecule has 6 nitrogen and oxygen atoms in total. The van der Waals surface area contributed by atoms with Crippen molar-refractivity contribution in [1.29, 1.82) is 0 Å². The van der Waals surface area contributed by atoms with Crippen molar-refractivity contribution < 1.29 is 18.3 Å². The van der Waals surface area contributed by atoms with E-state index < -0.39 is 22.0 Å². The molecule has 1 amide bonds. The Labute approximate surface area is 82.8 Å². The van der Waals surface area contributed by atoms with Crippen molar-refractivity contribution in [2.24, 2.45) is 0 Å². The molecule has 2 N–H and O–H groups in total. The van der Waals surface area contributed by atoms with E-state index in [1.54, 1.807) is 7.05 Å². The SMILES string of the molecule is CNCC1CS(=O)(=O)CCN1C(=O)O. The predicted octanol–water partition coefficient (Wildman–Crippen LogP) is -1.02. The molecular formula is C7H14N2O4S. The van der Waals surface area contributed by atoms with Crippen molar-refractivity contribution in [1.82, 2.24) is 10.2 Å². The minimum atomic E-state index is -3.07. The number of hydrogen-bond donors (Lipinski definition) is 2. The van der Waals surface area contributed by atoms with Crippen molar-refractivity contribution in [3.63, 3.8) is 0 Å². The first kappa shape index (κ1) is 11.3. The van der Waals surface area contributed by atoms with Gasteiger partial charge in [-0.25, -0.2) is 13.2 Å². The van der Waals surface area contributed by atoms with E-state index in [9.17, 15) is 13.2 Å². The van der Waals surface area contributed by atoms with Gasteiger partial charge >= 0.3 is 6.09 Å². The lowest BCUT2D eigenvalue weighted by molar-refractivity contribution is 0.129. The van der Waals surface area contributed by atoms with Crippen LogP contribution in [0.25, 0.3) is 0 Å². The van der Waals surface area contributed by atoms with Crippen LogP contribution in [-0.4, -0.2) is 62.2 Å². The molecule has 14 heavy (non-hydrogen) atoms. The Morgan fingerprint density at radius 2 is 2.29 bits per heavy atom. The molecule has 0 radical (unpaired) electrons. The van der Waals surface area contributed by atoms with Gasteiger partial charge in [0.2, 0.25) is 0 Å². The number of rotatable bonds is 2. The number of hydrogen-bond acceptors (Lipinski definition) is 4. The maximum atomic E-state index is 11.3. The van der Waals surface area contributed by atoms with Crippen LogP contribution in [0.2, 0.25) is 0 Å². The van der Waals surface area contributed by atoms with Gasteiger partial charge in [-0.2, -0.15) is 0 Å². The minimum Gasteiger partial charge on any atom is -0.465 e. The van der Waals surface area contributed by atoms with Crippen LogP contribution in [0.3, 0.4) is 0 Å². The number of nitrogens with zero attached hydrogens (tertiary/aromatic N) is 1. The van der Waals surface area contributed by atoms with Gasteiger partial charge < -0.3 is 15.3 Å². The fraction of sp³-hybridized carbons (Fsp3) is 0.857. The number of nitrogens with one attached hydrogen (secondary N) is 1. The van der Waals surface area contributed by atoms with Gasteiger partial charge in [0.15, 0.2) is 9.84 Å². The molecule has 1 aliphatic rings. The summed E-state index contributed by atoms with van der Waals surface area (Å²) in [6.45, 7) is 0.440. The molecule has 0 bridgehead atoms. The highest BCUT2D eigenvalue weighted by Crippen LogP contribution is 2.11. The van der Waals surface area contributed by atoms with Crippen molar-refractivity contribution in [2.75, 3.05) is 31.6 Å². The molecule has 1 aliphatic heterocycles.